The summed E-state index contributed by atoms with van der Waals surface area (Å²) in [5, 5.41) is 2.34. The van der Waals surface area contributed by atoms with E-state index < -0.39 is 0 Å². The normalized spacial score (nSPS) is 11.3. The summed E-state index contributed by atoms with van der Waals surface area (Å²) in [6.45, 7) is 0. The lowest BCUT2D eigenvalue weighted by Crippen LogP contribution is -1.96. The fraction of sp³-hybridized carbons (Fsp3) is 0. The number of pyridine rings is 1. The summed E-state index contributed by atoms with van der Waals surface area (Å²) in [7, 11) is 0. The van der Waals surface area contributed by atoms with Crippen LogP contribution in [-0.2, 0) is 0 Å². The largest absolute Gasteiger partial charge is 0.246 e. The highest BCUT2D eigenvalue weighted by atomic mass is 32.1. The average molecular weight is 872 g/mol. The fourth-order valence-electron chi connectivity index (χ4n) is 9.19. The van der Waals surface area contributed by atoms with Gasteiger partial charge in [-0.2, -0.15) is 0 Å². The van der Waals surface area contributed by atoms with Crippen molar-refractivity contribution >= 4 is 32.3 Å². The lowest BCUT2D eigenvalue weighted by atomic mass is 9.91. The van der Waals surface area contributed by atoms with E-state index in [1.807, 2.05) is 29.5 Å². The average Bonchev–Trinajstić information content (AvgIpc) is 3.83. The number of aromatic nitrogens is 3. The van der Waals surface area contributed by atoms with E-state index in [2.05, 4.69) is 231 Å². The monoisotopic (exact) mass is 871 g/mol. The molecule has 67 heavy (non-hydrogen) atoms. The van der Waals surface area contributed by atoms with Crippen LogP contribution in [0.3, 0.4) is 0 Å². The zero-order valence-electron chi connectivity index (χ0n) is 36.4. The van der Waals surface area contributed by atoms with E-state index in [9.17, 15) is 0 Å². The van der Waals surface area contributed by atoms with Gasteiger partial charge in [0.05, 0.1) is 27.3 Å². The lowest BCUT2D eigenvalue weighted by molar-refractivity contribution is 1.18. The van der Waals surface area contributed by atoms with Crippen molar-refractivity contribution in [3.8, 4) is 100 Å². The van der Waals surface area contributed by atoms with Crippen LogP contribution in [0, 0.1) is 0 Å². The molecule has 0 fully saturated rings. The Morgan fingerprint density at radius 3 is 1.34 bits per heavy atom. The van der Waals surface area contributed by atoms with Crippen LogP contribution in [-0.4, -0.2) is 15.0 Å². The number of para-hydroxylation sites is 1. The second-order valence-corrected chi connectivity index (χ2v) is 17.8. The van der Waals surface area contributed by atoms with Crippen molar-refractivity contribution in [1.29, 1.82) is 0 Å². The van der Waals surface area contributed by atoms with Crippen molar-refractivity contribution in [2.75, 3.05) is 0 Å². The first kappa shape index (κ1) is 40.0. The van der Waals surface area contributed by atoms with Gasteiger partial charge in [0.2, 0.25) is 0 Å². The molecule has 12 rings (SSSR count). The van der Waals surface area contributed by atoms with Gasteiger partial charge in [0.25, 0.3) is 0 Å². The first-order valence-electron chi connectivity index (χ1n) is 22.6. The third-order valence-corrected chi connectivity index (χ3v) is 13.7. The van der Waals surface area contributed by atoms with E-state index in [1.165, 1.54) is 43.6 Å². The molecule has 3 nitrogen and oxygen atoms in total. The van der Waals surface area contributed by atoms with Crippen LogP contribution in [0.15, 0.2) is 249 Å². The summed E-state index contributed by atoms with van der Waals surface area (Å²) in [5.41, 5.74) is 18.3. The molecule has 0 saturated heterocycles. The molecule has 0 bridgehead atoms. The predicted molar refractivity (Wildman–Crippen MR) is 282 cm³/mol. The summed E-state index contributed by atoms with van der Waals surface area (Å²) < 4.78 is 1.16. The first-order valence-corrected chi connectivity index (χ1v) is 23.4. The molecule has 12 aromatic rings. The van der Waals surface area contributed by atoms with Crippen molar-refractivity contribution < 1.29 is 0 Å². The molecule has 3 aromatic heterocycles. The number of hydrogen-bond acceptors (Lipinski definition) is 4. The zero-order chi connectivity index (χ0) is 44.5. The lowest BCUT2D eigenvalue weighted by Gasteiger charge is -2.13. The van der Waals surface area contributed by atoms with E-state index in [1.54, 1.807) is 0 Å². The van der Waals surface area contributed by atoms with E-state index in [4.69, 9.17) is 15.0 Å². The Morgan fingerprint density at radius 2 is 0.731 bits per heavy atom. The fourth-order valence-corrected chi connectivity index (χ4v) is 10.5. The van der Waals surface area contributed by atoms with Crippen molar-refractivity contribution in [1.82, 2.24) is 15.0 Å². The van der Waals surface area contributed by atoms with Crippen molar-refractivity contribution in [2.24, 2.45) is 0 Å². The highest BCUT2D eigenvalue weighted by Gasteiger charge is 2.24. The van der Waals surface area contributed by atoms with Crippen molar-refractivity contribution in [2.45, 2.75) is 0 Å². The molecular weight excluding hydrogens is 831 g/mol. The molecule has 4 heteroatoms. The summed E-state index contributed by atoms with van der Waals surface area (Å²) in [4.78, 5) is 17.0. The maximum absolute atomic E-state index is 5.38. The number of rotatable bonds is 9. The summed E-state index contributed by atoms with van der Waals surface area (Å²) in [6, 6.07) is 88.2. The minimum Gasteiger partial charge on any atom is -0.246 e. The second-order valence-electron chi connectivity index (χ2n) is 16.7. The molecule has 0 spiro atoms. The van der Waals surface area contributed by atoms with Gasteiger partial charge in [-0.3, -0.25) is 0 Å². The van der Waals surface area contributed by atoms with Gasteiger partial charge in [-0.25, -0.2) is 15.0 Å². The molecule has 3 heterocycles. The predicted octanol–water partition coefficient (Wildman–Crippen LogP) is 17.2. The van der Waals surface area contributed by atoms with E-state index in [0.29, 0.717) is 5.82 Å². The van der Waals surface area contributed by atoms with E-state index in [0.717, 1.165) is 71.6 Å². The standard InChI is InChI=1S/C63H41N3S/c1-6-19-42(20-7-1)49-29-18-30-50(37-49)57-41-56(65-63(66-57)48-27-14-5-15-28-48)45-33-35-46(36-34-45)58-59-54-31-16-17-32-55(54)64-60(47-25-12-4-13-26-47)62(59)67-61(58)53-39-51(43-21-8-2-9-22-43)38-52(40-53)44-23-10-3-11-24-44/h1-41H. The minimum absolute atomic E-state index is 0.688. The first-order chi connectivity index (χ1) is 33.2. The maximum atomic E-state index is 5.38. The molecule has 0 N–H and O–H groups in total. The van der Waals surface area contributed by atoms with E-state index >= 15 is 0 Å². The molecule has 314 valence electrons. The van der Waals surface area contributed by atoms with Crippen LogP contribution in [0.1, 0.15) is 0 Å². The topological polar surface area (TPSA) is 38.7 Å². The summed E-state index contributed by atoms with van der Waals surface area (Å²) in [6.07, 6.45) is 0. The molecule has 9 aromatic carbocycles. The highest BCUT2D eigenvalue weighted by molar-refractivity contribution is 7.23. The highest BCUT2D eigenvalue weighted by Crippen LogP contribution is 2.51. The number of fused-ring (bicyclic) bond motifs is 3. The second kappa shape index (κ2) is 17.4. The van der Waals surface area contributed by atoms with Crippen LogP contribution in [0.2, 0.25) is 0 Å². The van der Waals surface area contributed by atoms with Crippen LogP contribution >= 0.6 is 11.3 Å². The van der Waals surface area contributed by atoms with Gasteiger partial charge >= 0.3 is 0 Å². The van der Waals surface area contributed by atoms with Crippen LogP contribution in [0.5, 0.6) is 0 Å². The number of benzene rings is 9. The number of hydrogen-bond donors (Lipinski definition) is 0. The van der Waals surface area contributed by atoms with Gasteiger partial charge < -0.3 is 0 Å². The molecule has 0 unspecified atom stereocenters. The Morgan fingerprint density at radius 1 is 0.284 bits per heavy atom. The van der Waals surface area contributed by atoms with Crippen molar-refractivity contribution in [3.63, 3.8) is 0 Å². The van der Waals surface area contributed by atoms with Crippen LogP contribution in [0.4, 0.5) is 0 Å². The molecule has 0 amide bonds. The van der Waals surface area contributed by atoms with Crippen LogP contribution in [0.25, 0.3) is 121 Å². The molecule has 0 saturated carbocycles. The molecular formula is C63H41N3S. The molecule has 0 radical (unpaired) electrons. The van der Waals surface area contributed by atoms with Gasteiger partial charge in [-0.05, 0) is 80.9 Å². The van der Waals surface area contributed by atoms with Crippen LogP contribution < -0.4 is 0 Å². The minimum atomic E-state index is 0.688. The van der Waals surface area contributed by atoms with Gasteiger partial charge in [-0.15, -0.1) is 11.3 Å². The Hall–Kier alpha value is -8.57. The summed E-state index contributed by atoms with van der Waals surface area (Å²) >= 11 is 1.83. The Labute approximate surface area is 394 Å². The number of thiophene rings is 1. The van der Waals surface area contributed by atoms with Gasteiger partial charge in [0, 0.05) is 43.5 Å². The Kier molecular flexibility index (Phi) is 10.4. The molecule has 0 aliphatic carbocycles. The smallest absolute Gasteiger partial charge is 0.160 e. The van der Waals surface area contributed by atoms with E-state index in [-0.39, 0.29) is 0 Å². The SMILES string of the molecule is c1ccc(-c2cccc(-c3cc(-c4ccc(-c5c(-c6cc(-c7ccccc7)cc(-c7ccccc7)c6)sc6c(-c7ccccc7)nc7ccccc7c56)cc4)nc(-c4ccccc4)n3)c2)cc1. The third kappa shape index (κ3) is 7.80. The van der Waals surface area contributed by atoms with Gasteiger partial charge in [-0.1, -0.05) is 212 Å². The number of nitrogens with zero attached hydrogens (tertiary/aromatic N) is 3. The summed E-state index contributed by atoms with van der Waals surface area (Å²) in [5.74, 6) is 0.688. The third-order valence-electron chi connectivity index (χ3n) is 12.5. The molecule has 0 aliphatic rings. The molecule has 0 atom stereocenters. The maximum Gasteiger partial charge on any atom is 0.160 e. The molecule has 0 aliphatic heterocycles. The zero-order valence-corrected chi connectivity index (χ0v) is 37.2. The Bertz CT molecular complexity index is 3640. The van der Waals surface area contributed by atoms with Gasteiger partial charge in [0.15, 0.2) is 5.82 Å². The van der Waals surface area contributed by atoms with Crippen molar-refractivity contribution in [3.05, 3.63) is 249 Å². The van der Waals surface area contributed by atoms with Gasteiger partial charge in [0.1, 0.15) is 0 Å². The Balaban J connectivity index is 1.07. The quantitative estimate of drug-likeness (QED) is 0.145.